The molecule has 0 saturated carbocycles. The molecule has 2 N–H and O–H groups in total. The number of nitrogens with zero attached hydrogens (tertiary/aromatic N) is 3. The average molecular weight is 656 g/mol. The van der Waals surface area contributed by atoms with Crippen LogP contribution in [0.5, 0.6) is 5.75 Å². The topological polar surface area (TPSA) is 151 Å². The van der Waals surface area contributed by atoms with Gasteiger partial charge < -0.3 is 24.8 Å². The first-order valence-electron chi connectivity index (χ1n) is 13.7. The number of aromatic nitrogens is 3. The second-order valence-corrected chi connectivity index (χ2v) is 11.1. The lowest BCUT2D eigenvalue weighted by Crippen LogP contribution is -2.25. The van der Waals surface area contributed by atoms with Gasteiger partial charge in [0.15, 0.2) is 11.0 Å². The number of halogens is 1. The van der Waals surface area contributed by atoms with Gasteiger partial charge in [0.25, 0.3) is 5.91 Å². The van der Waals surface area contributed by atoms with Gasteiger partial charge in [0.1, 0.15) is 21.4 Å². The largest absolute Gasteiger partial charge is 0.495 e. The third-order valence-corrected chi connectivity index (χ3v) is 8.31. The normalized spacial score (nSPS) is 10.7. The summed E-state index contributed by atoms with van der Waals surface area (Å²) in [6.07, 6.45) is 0. The Balaban J connectivity index is 1.57. The molecule has 45 heavy (non-hydrogen) atoms. The first-order valence-corrected chi connectivity index (χ1v) is 15.5. The number of thioether (sulfide) groups is 1. The number of anilines is 1. The quantitative estimate of drug-likeness (QED) is 0.152. The lowest BCUT2D eigenvalue weighted by Gasteiger charge is -2.14. The highest BCUT2D eigenvalue weighted by Gasteiger charge is 2.28. The molecule has 15 heteroatoms. The molecule has 0 bridgehead atoms. The molecule has 236 valence electrons. The van der Waals surface area contributed by atoms with Crippen molar-refractivity contribution in [3.63, 3.8) is 0 Å². The van der Waals surface area contributed by atoms with Crippen molar-refractivity contribution in [1.29, 1.82) is 0 Å². The van der Waals surface area contributed by atoms with Crippen LogP contribution in [0.15, 0.2) is 53.7 Å². The Hall–Kier alpha value is -4.76. The van der Waals surface area contributed by atoms with Crippen LogP contribution in [0.4, 0.5) is 9.39 Å². The highest BCUT2D eigenvalue weighted by atomic mass is 32.2. The van der Waals surface area contributed by atoms with Crippen LogP contribution in [0.3, 0.4) is 0 Å². The summed E-state index contributed by atoms with van der Waals surface area (Å²) >= 11 is 1.97. The summed E-state index contributed by atoms with van der Waals surface area (Å²) in [5.74, 6) is -2.17. The van der Waals surface area contributed by atoms with Crippen molar-refractivity contribution in [2.45, 2.75) is 32.5 Å². The number of methoxy groups -OCH3 is 1. The summed E-state index contributed by atoms with van der Waals surface area (Å²) < 4.78 is 31.1. The minimum atomic E-state index is -0.675. The molecule has 0 aliphatic rings. The third kappa shape index (κ3) is 7.85. The summed E-state index contributed by atoms with van der Waals surface area (Å²) in [6, 6.07) is 12.4. The second kappa shape index (κ2) is 15.3. The standard InChI is InChI=1S/C30H30FN5O7S2/c1-5-42-28(39)24-17(3)25(29(40)43-6-2)45-27(24)33-23(37)16-44-30-35-34-22(36(30)20-12-7-8-13-21(20)41-4)15-32-26(38)18-10-9-11-19(31)14-18/h7-14H,5-6,15-16H2,1-4H3,(H,32,38)(H,33,37). The lowest BCUT2D eigenvalue weighted by atomic mass is 10.1. The predicted octanol–water partition coefficient (Wildman–Crippen LogP) is 4.80. The molecule has 0 aliphatic carbocycles. The Morgan fingerprint density at radius 3 is 2.44 bits per heavy atom. The SMILES string of the molecule is CCOC(=O)c1sc(NC(=O)CSc2nnc(CNC(=O)c3cccc(F)c3)n2-c2ccccc2OC)c(C(=O)OCC)c1C. The second-order valence-electron chi connectivity index (χ2n) is 9.14. The Morgan fingerprint density at radius 2 is 1.73 bits per heavy atom. The smallest absolute Gasteiger partial charge is 0.348 e. The van der Waals surface area contributed by atoms with Crippen molar-refractivity contribution in [3.05, 3.63) is 81.7 Å². The van der Waals surface area contributed by atoms with E-state index in [0.717, 1.165) is 29.2 Å². The van der Waals surface area contributed by atoms with Crippen molar-refractivity contribution in [3.8, 4) is 11.4 Å². The highest BCUT2D eigenvalue weighted by molar-refractivity contribution is 7.99. The van der Waals surface area contributed by atoms with E-state index in [0.29, 0.717) is 28.0 Å². The fourth-order valence-corrected chi connectivity index (χ4v) is 6.06. The number of hydrogen-bond donors (Lipinski definition) is 2. The number of amides is 2. The van der Waals surface area contributed by atoms with Crippen LogP contribution >= 0.6 is 23.1 Å². The molecule has 0 aliphatic heterocycles. The van der Waals surface area contributed by atoms with Gasteiger partial charge in [-0.3, -0.25) is 14.2 Å². The van der Waals surface area contributed by atoms with Crippen molar-refractivity contribution in [2.24, 2.45) is 0 Å². The molecular weight excluding hydrogens is 625 g/mol. The van der Waals surface area contributed by atoms with E-state index in [1.165, 1.54) is 25.3 Å². The van der Waals surface area contributed by atoms with Crippen LogP contribution in [-0.4, -0.2) is 64.6 Å². The van der Waals surface area contributed by atoms with E-state index >= 15 is 0 Å². The fourth-order valence-electron chi connectivity index (χ4n) is 4.19. The minimum absolute atomic E-state index is 0.0683. The van der Waals surface area contributed by atoms with E-state index < -0.39 is 29.6 Å². The van der Waals surface area contributed by atoms with Crippen molar-refractivity contribution in [2.75, 3.05) is 31.4 Å². The predicted molar refractivity (Wildman–Crippen MR) is 166 cm³/mol. The monoisotopic (exact) mass is 655 g/mol. The summed E-state index contributed by atoms with van der Waals surface area (Å²) in [7, 11) is 1.50. The van der Waals surface area contributed by atoms with Gasteiger partial charge in [0, 0.05) is 5.56 Å². The number of ether oxygens (including phenoxy) is 3. The van der Waals surface area contributed by atoms with Gasteiger partial charge in [0.05, 0.1) is 43.9 Å². The highest BCUT2D eigenvalue weighted by Crippen LogP contribution is 2.35. The first-order chi connectivity index (χ1) is 21.7. The molecular formula is C30H30FN5O7S2. The molecule has 0 unspecified atom stereocenters. The zero-order valence-corrected chi connectivity index (χ0v) is 26.5. The van der Waals surface area contributed by atoms with Crippen molar-refractivity contribution >= 4 is 51.9 Å². The number of nitrogens with one attached hydrogen (secondary N) is 2. The van der Waals surface area contributed by atoms with E-state index in [1.54, 1.807) is 49.6 Å². The van der Waals surface area contributed by atoms with E-state index in [9.17, 15) is 23.6 Å². The Bertz CT molecular complexity index is 1720. The van der Waals surface area contributed by atoms with Crippen molar-refractivity contribution < 1.29 is 37.8 Å². The summed E-state index contributed by atoms with van der Waals surface area (Å²) in [5.41, 5.74) is 1.12. The molecule has 0 saturated heterocycles. The summed E-state index contributed by atoms with van der Waals surface area (Å²) in [4.78, 5) is 51.2. The third-order valence-electron chi connectivity index (χ3n) is 6.19. The molecule has 0 radical (unpaired) electrons. The number of esters is 2. The number of rotatable bonds is 13. The van der Waals surface area contributed by atoms with Gasteiger partial charge in [0.2, 0.25) is 5.91 Å². The molecule has 0 fully saturated rings. The maximum Gasteiger partial charge on any atom is 0.348 e. The van der Waals surface area contributed by atoms with E-state index in [4.69, 9.17) is 14.2 Å². The molecule has 0 atom stereocenters. The van der Waals surface area contributed by atoms with Crippen LogP contribution in [-0.2, 0) is 20.8 Å². The number of carbonyl (C=O) groups is 4. The molecule has 2 aromatic heterocycles. The maximum atomic E-state index is 13.6. The number of hydrogen-bond acceptors (Lipinski definition) is 11. The summed E-state index contributed by atoms with van der Waals surface area (Å²) in [5, 5.41) is 14.4. The first kappa shape index (κ1) is 33.1. The zero-order valence-electron chi connectivity index (χ0n) is 24.8. The van der Waals surface area contributed by atoms with Gasteiger partial charge in [-0.05, 0) is 56.7 Å². The Labute approximate surface area is 266 Å². The van der Waals surface area contributed by atoms with Crippen molar-refractivity contribution in [1.82, 2.24) is 20.1 Å². The number of benzene rings is 2. The summed E-state index contributed by atoms with van der Waals surface area (Å²) in [6.45, 7) is 5.09. The molecule has 12 nitrogen and oxygen atoms in total. The molecule has 4 rings (SSSR count). The number of thiophene rings is 1. The Kier molecular flexibility index (Phi) is 11.3. The minimum Gasteiger partial charge on any atom is -0.495 e. The van der Waals surface area contributed by atoms with Gasteiger partial charge in [-0.15, -0.1) is 21.5 Å². The van der Waals surface area contributed by atoms with Crippen LogP contribution < -0.4 is 15.4 Å². The van der Waals surface area contributed by atoms with E-state index in [-0.39, 0.29) is 46.5 Å². The molecule has 2 amide bonds. The number of carbonyl (C=O) groups excluding carboxylic acids is 4. The Morgan fingerprint density at radius 1 is 1.00 bits per heavy atom. The lowest BCUT2D eigenvalue weighted by molar-refractivity contribution is -0.113. The fraction of sp³-hybridized carbons (Fsp3) is 0.267. The molecule has 4 aromatic rings. The molecule has 2 heterocycles. The van der Waals surface area contributed by atoms with E-state index in [2.05, 4.69) is 20.8 Å². The van der Waals surface area contributed by atoms with Crippen LogP contribution in [0, 0.1) is 12.7 Å². The van der Waals surface area contributed by atoms with Crippen LogP contribution in [0.25, 0.3) is 5.69 Å². The van der Waals surface area contributed by atoms with Crippen LogP contribution in [0.2, 0.25) is 0 Å². The molecule has 2 aromatic carbocycles. The van der Waals surface area contributed by atoms with Gasteiger partial charge in [-0.1, -0.05) is 30.0 Å². The van der Waals surface area contributed by atoms with Crippen LogP contribution in [0.1, 0.15) is 55.6 Å². The van der Waals surface area contributed by atoms with Gasteiger partial charge in [-0.25, -0.2) is 14.0 Å². The number of para-hydroxylation sites is 2. The van der Waals surface area contributed by atoms with Gasteiger partial charge in [-0.2, -0.15) is 0 Å². The van der Waals surface area contributed by atoms with E-state index in [1.807, 2.05) is 0 Å². The zero-order chi connectivity index (χ0) is 32.5. The average Bonchev–Trinajstić information content (AvgIpc) is 3.58. The molecule has 0 spiro atoms. The van der Waals surface area contributed by atoms with Gasteiger partial charge >= 0.3 is 11.9 Å². The maximum absolute atomic E-state index is 13.6.